The van der Waals surface area contributed by atoms with Crippen molar-refractivity contribution in [3.8, 4) is 11.5 Å². The summed E-state index contributed by atoms with van der Waals surface area (Å²) in [6, 6.07) is 5.40. The number of amides is 1. The van der Waals surface area contributed by atoms with Gasteiger partial charge in [0.05, 0.1) is 19.8 Å². The van der Waals surface area contributed by atoms with Gasteiger partial charge < -0.3 is 24.4 Å². The maximum absolute atomic E-state index is 13.3. The van der Waals surface area contributed by atoms with Gasteiger partial charge >= 0.3 is 0 Å². The van der Waals surface area contributed by atoms with Crippen molar-refractivity contribution in [2.45, 2.75) is 45.2 Å². The number of rotatable bonds is 9. The first-order valence-corrected chi connectivity index (χ1v) is 9.54. The predicted molar refractivity (Wildman–Crippen MR) is 106 cm³/mol. The van der Waals surface area contributed by atoms with E-state index in [0.717, 1.165) is 31.5 Å². The first-order valence-electron chi connectivity index (χ1n) is 9.54. The van der Waals surface area contributed by atoms with E-state index in [1.807, 2.05) is 18.7 Å². The summed E-state index contributed by atoms with van der Waals surface area (Å²) in [5, 5.41) is 3.30. The molecule has 0 spiro atoms. The van der Waals surface area contributed by atoms with Crippen molar-refractivity contribution in [3.05, 3.63) is 36.0 Å². The summed E-state index contributed by atoms with van der Waals surface area (Å²) in [6.07, 6.45) is 2.71. The van der Waals surface area contributed by atoms with Crippen molar-refractivity contribution in [2.75, 3.05) is 34.0 Å². The molecule has 0 bridgehead atoms. The summed E-state index contributed by atoms with van der Waals surface area (Å²) in [4.78, 5) is 15.2. The van der Waals surface area contributed by atoms with Crippen molar-refractivity contribution in [3.63, 3.8) is 0 Å². The maximum Gasteiger partial charge on any atom is 0.254 e. The summed E-state index contributed by atoms with van der Waals surface area (Å²) < 4.78 is 16.2. The Hall–Kier alpha value is -2.21. The Morgan fingerprint density at radius 1 is 1.30 bits per heavy atom. The van der Waals surface area contributed by atoms with E-state index in [0.29, 0.717) is 30.3 Å². The van der Waals surface area contributed by atoms with Gasteiger partial charge in [-0.05, 0) is 44.9 Å². The van der Waals surface area contributed by atoms with E-state index in [1.165, 1.54) is 0 Å². The molecular formula is C21H32N2O4. The third kappa shape index (κ3) is 5.39. The fourth-order valence-electron chi connectivity index (χ4n) is 3.34. The summed E-state index contributed by atoms with van der Waals surface area (Å²) in [5.74, 6) is 1.16. The van der Waals surface area contributed by atoms with Gasteiger partial charge in [-0.3, -0.25) is 4.79 Å². The number of piperidine rings is 1. The lowest BCUT2D eigenvalue weighted by atomic mass is 9.99. The number of methoxy groups -OCH3 is 2. The lowest BCUT2D eigenvalue weighted by molar-refractivity contribution is 0.0613. The van der Waals surface area contributed by atoms with Crippen LogP contribution in [0.25, 0.3) is 0 Å². The molecule has 27 heavy (non-hydrogen) atoms. The molecule has 1 aliphatic heterocycles. The van der Waals surface area contributed by atoms with Crippen molar-refractivity contribution >= 4 is 5.91 Å². The molecule has 0 aromatic heterocycles. The van der Waals surface area contributed by atoms with Gasteiger partial charge in [0.15, 0.2) is 11.5 Å². The normalized spacial score (nSPS) is 16.8. The Morgan fingerprint density at radius 2 is 2.07 bits per heavy atom. The second-order valence-corrected chi connectivity index (χ2v) is 6.98. The van der Waals surface area contributed by atoms with Crippen molar-refractivity contribution in [1.29, 1.82) is 0 Å². The van der Waals surface area contributed by atoms with E-state index < -0.39 is 0 Å². The molecule has 1 aromatic carbocycles. The first kappa shape index (κ1) is 21.1. The lowest BCUT2D eigenvalue weighted by Crippen LogP contribution is -2.50. The molecule has 1 saturated heterocycles. The number of benzene rings is 1. The predicted octanol–water partition coefficient (Wildman–Crippen LogP) is 3.23. The van der Waals surface area contributed by atoms with Crippen LogP contribution in [0, 0.1) is 0 Å². The fraction of sp³-hybridized carbons (Fsp3) is 0.571. The van der Waals surface area contributed by atoms with Crippen LogP contribution in [-0.4, -0.2) is 56.9 Å². The van der Waals surface area contributed by atoms with Gasteiger partial charge in [-0.2, -0.15) is 0 Å². The minimum atomic E-state index is -0.0238. The molecule has 2 rings (SSSR count). The quantitative estimate of drug-likeness (QED) is 0.671. The third-order valence-corrected chi connectivity index (χ3v) is 4.70. The molecule has 0 aliphatic carbocycles. The smallest absolute Gasteiger partial charge is 0.254 e. The molecular weight excluding hydrogens is 344 g/mol. The molecule has 1 heterocycles. The van der Waals surface area contributed by atoms with Gasteiger partial charge in [0.25, 0.3) is 5.91 Å². The number of carbonyl (C=O) groups is 1. The van der Waals surface area contributed by atoms with E-state index in [2.05, 4.69) is 11.9 Å². The number of nitrogens with one attached hydrogen (secondary N) is 1. The summed E-state index contributed by atoms with van der Waals surface area (Å²) >= 11 is 0. The summed E-state index contributed by atoms with van der Waals surface area (Å²) in [5.41, 5.74) is 1.50. The zero-order valence-corrected chi connectivity index (χ0v) is 16.9. The monoisotopic (exact) mass is 376 g/mol. The number of hydrogen-bond donors (Lipinski definition) is 1. The molecule has 0 radical (unpaired) electrons. The van der Waals surface area contributed by atoms with Crippen LogP contribution < -0.4 is 14.8 Å². The standard InChI is InChI=1S/C21H32N2O4/c1-15(2)23(18-8-6-11-22-16(18)3)21(24)17-9-10-19(26-5)20(14-17)27-13-7-12-25-4/h9-10,14-15,18,22H,3,6-8,11-13H2,1-2,4-5H3. The molecule has 6 nitrogen and oxygen atoms in total. The average molecular weight is 376 g/mol. The molecule has 6 heteroatoms. The van der Waals surface area contributed by atoms with Crippen LogP contribution in [0.3, 0.4) is 0 Å². The molecule has 1 aromatic rings. The highest BCUT2D eigenvalue weighted by Crippen LogP contribution is 2.30. The van der Waals surface area contributed by atoms with Crippen LogP contribution in [0.4, 0.5) is 0 Å². The SMILES string of the molecule is C=C1NCCCC1N(C(=O)c1ccc(OC)c(OCCCOC)c1)C(C)C. The highest BCUT2D eigenvalue weighted by atomic mass is 16.5. The Morgan fingerprint density at radius 3 is 2.70 bits per heavy atom. The van der Waals surface area contributed by atoms with Crippen LogP contribution in [-0.2, 0) is 4.74 Å². The number of nitrogens with zero attached hydrogens (tertiary/aromatic N) is 1. The largest absolute Gasteiger partial charge is 0.493 e. The highest BCUT2D eigenvalue weighted by Gasteiger charge is 2.31. The Kier molecular flexibility index (Phi) is 7.98. The Balaban J connectivity index is 2.22. The Bertz CT molecular complexity index is 645. The van der Waals surface area contributed by atoms with Gasteiger partial charge in [0.2, 0.25) is 0 Å². The van der Waals surface area contributed by atoms with Crippen molar-refractivity contribution in [2.24, 2.45) is 0 Å². The summed E-state index contributed by atoms with van der Waals surface area (Å²) in [6.45, 7) is 10.2. The van der Waals surface area contributed by atoms with E-state index in [9.17, 15) is 4.79 Å². The molecule has 1 fully saturated rings. The van der Waals surface area contributed by atoms with Crippen molar-refractivity contribution in [1.82, 2.24) is 10.2 Å². The van der Waals surface area contributed by atoms with E-state index in [1.54, 1.807) is 32.4 Å². The average Bonchev–Trinajstić information content (AvgIpc) is 2.66. The van der Waals surface area contributed by atoms with Gasteiger partial charge in [-0.1, -0.05) is 6.58 Å². The van der Waals surface area contributed by atoms with E-state index in [4.69, 9.17) is 14.2 Å². The zero-order chi connectivity index (χ0) is 19.8. The van der Waals surface area contributed by atoms with Crippen LogP contribution in [0.1, 0.15) is 43.5 Å². The Labute approximate surface area is 162 Å². The molecule has 1 unspecified atom stereocenters. The number of ether oxygens (including phenoxy) is 3. The van der Waals surface area contributed by atoms with Gasteiger partial charge in [-0.15, -0.1) is 0 Å². The highest BCUT2D eigenvalue weighted by molar-refractivity contribution is 5.95. The van der Waals surface area contributed by atoms with Crippen LogP contribution in [0.5, 0.6) is 11.5 Å². The van der Waals surface area contributed by atoms with E-state index >= 15 is 0 Å². The number of hydrogen-bond acceptors (Lipinski definition) is 5. The molecule has 1 aliphatic rings. The van der Waals surface area contributed by atoms with Crippen LogP contribution in [0.2, 0.25) is 0 Å². The van der Waals surface area contributed by atoms with Gasteiger partial charge in [0, 0.05) is 44.0 Å². The summed E-state index contributed by atoms with van der Waals surface area (Å²) in [7, 11) is 3.26. The fourth-order valence-corrected chi connectivity index (χ4v) is 3.34. The maximum atomic E-state index is 13.3. The third-order valence-electron chi connectivity index (χ3n) is 4.70. The first-order chi connectivity index (χ1) is 13.0. The topological polar surface area (TPSA) is 60.0 Å². The van der Waals surface area contributed by atoms with Gasteiger partial charge in [-0.25, -0.2) is 0 Å². The molecule has 1 atom stereocenters. The number of carbonyl (C=O) groups excluding carboxylic acids is 1. The van der Waals surface area contributed by atoms with Gasteiger partial charge in [0.1, 0.15) is 0 Å². The molecule has 1 N–H and O–H groups in total. The minimum absolute atomic E-state index is 0.000534. The van der Waals surface area contributed by atoms with Crippen LogP contribution in [0.15, 0.2) is 30.5 Å². The minimum Gasteiger partial charge on any atom is -0.493 e. The van der Waals surface area contributed by atoms with E-state index in [-0.39, 0.29) is 18.0 Å². The van der Waals surface area contributed by atoms with Crippen molar-refractivity contribution < 1.29 is 19.0 Å². The molecule has 1 amide bonds. The zero-order valence-electron chi connectivity index (χ0n) is 16.9. The second-order valence-electron chi connectivity index (χ2n) is 6.98. The lowest BCUT2D eigenvalue weighted by Gasteiger charge is -2.39. The molecule has 0 saturated carbocycles. The second kappa shape index (κ2) is 10.2. The molecule has 150 valence electrons. The van der Waals surface area contributed by atoms with Crippen LogP contribution >= 0.6 is 0 Å².